The van der Waals surface area contributed by atoms with Gasteiger partial charge in [-0.15, -0.1) is 0 Å². The third-order valence-electron chi connectivity index (χ3n) is 5.04. The molecular formula is C16H19ClO2. The molecule has 0 spiro atoms. The van der Waals surface area contributed by atoms with Crippen LogP contribution in [0.2, 0.25) is 5.02 Å². The summed E-state index contributed by atoms with van der Waals surface area (Å²) in [6.07, 6.45) is 5.91. The molecule has 0 amide bonds. The van der Waals surface area contributed by atoms with E-state index in [1.165, 1.54) is 5.57 Å². The Morgan fingerprint density at radius 1 is 1.32 bits per heavy atom. The van der Waals surface area contributed by atoms with E-state index in [1.54, 1.807) is 12.1 Å². The van der Waals surface area contributed by atoms with E-state index in [0.29, 0.717) is 10.9 Å². The zero-order chi connectivity index (χ0) is 13.6. The molecule has 19 heavy (non-hydrogen) atoms. The second kappa shape index (κ2) is 4.53. The molecule has 0 saturated heterocycles. The number of hydrogen-bond donors (Lipinski definition) is 2. The molecule has 0 bridgehead atoms. The Morgan fingerprint density at radius 3 is 2.84 bits per heavy atom. The van der Waals surface area contributed by atoms with Gasteiger partial charge in [0, 0.05) is 5.41 Å². The van der Waals surface area contributed by atoms with Gasteiger partial charge in [-0.2, -0.15) is 0 Å². The largest absolute Gasteiger partial charge is 0.508 e. The van der Waals surface area contributed by atoms with Gasteiger partial charge in [-0.1, -0.05) is 24.6 Å². The van der Waals surface area contributed by atoms with Crippen LogP contribution in [-0.4, -0.2) is 16.3 Å². The number of fused-ring (bicyclic) bond motifs is 1. The minimum Gasteiger partial charge on any atom is -0.508 e. The number of rotatable bonds is 1. The number of halogens is 1. The number of phenolic OH excluding ortho intramolecular Hbond substituents is 1. The van der Waals surface area contributed by atoms with Crippen molar-refractivity contribution in [1.29, 1.82) is 0 Å². The second-order valence-corrected chi connectivity index (χ2v) is 6.50. The van der Waals surface area contributed by atoms with E-state index in [4.69, 9.17) is 11.6 Å². The van der Waals surface area contributed by atoms with E-state index in [2.05, 4.69) is 13.0 Å². The van der Waals surface area contributed by atoms with E-state index in [0.717, 1.165) is 31.2 Å². The molecule has 0 radical (unpaired) electrons. The molecule has 1 aromatic carbocycles. The standard InChI is InChI=1S/C16H19ClO2/c1-16-7-6-10(8-11(16)2-5-15(16)19)13-4-3-12(18)9-14(13)17/h3-4,6,9,11,15,18-19H,2,5,7-8H2,1H3/t11-,15+,16+/m1/s1. The first kappa shape index (κ1) is 13.0. The Bertz CT molecular complexity index is 538. The summed E-state index contributed by atoms with van der Waals surface area (Å²) in [5.74, 6) is 0.735. The van der Waals surface area contributed by atoms with E-state index in [-0.39, 0.29) is 17.3 Å². The van der Waals surface area contributed by atoms with Crippen LogP contribution in [0, 0.1) is 11.3 Å². The van der Waals surface area contributed by atoms with E-state index in [9.17, 15) is 10.2 Å². The molecule has 2 aliphatic carbocycles. The first-order valence-electron chi connectivity index (χ1n) is 6.86. The van der Waals surface area contributed by atoms with Crippen LogP contribution in [0.25, 0.3) is 5.57 Å². The number of aliphatic hydroxyl groups excluding tert-OH is 1. The molecule has 0 unspecified atom stereocenters. The van der Waals surface area contributed by atoms with Crippen LogP contribution in [0.1, 0.15) is 38.2 Å². The molecule has 2 N–H and O–H groups in total. The van der Waals surface area contributed by atoms with Crippen molar-refractivity contribution in [1.82, 2.24) is 0 Å². The lowest BCUT2D eigenvalue weighted by atomic mass is 9.68. The van der Waals surface area contributed by atoms with Crippen LogP contribution in [0.4, 0.5) is 0 Å². The fraction of sp³-hybridized carbons (Fsp3) is 0.500. The Morgan fingerprint density at radius 2 is 2.11 bits per heavy atom. The number of benzene rings is 1. The molecule has 3 rings (SSSR count). The molecule has 2 nitrogen and oxygen atoms in total. The highest BCUT2D eigenvalue weighted by Gasteiger charge is 2.47. The van der Waals surface area contributed by atoms with Crippen molar-refractivity contribution in [3.8, 4) is 5.75 Å². The molecule has 1 aromatic rings. The number of aliphatic hydroxyl groups is 1. The normalized spacial score (nSPS) is 33.9. The Kier molecular flexibility index (Phi) is 3.11. The number of allylic oxidation sites excluding steroid dienone is 2. The lowest BCUT2D eigenvalue weighted by molar-refractivity contribution is 0.0400. The smallest absolute Gasteiger partial charge is 0.117 e. The Balaban J connectivity index is 1.92. The third kappa shape index (κ3) is 2.07. The maximum atomic E-state index is 10.1. The zero-order valence-corrected chi connectivity index (χ0v) is 11.8. The van der Waals surface area contributed by atoms with Crippen LogP contribution in [-0.2, 0) is 0 Å². The average molecular weight is 279 g/mol. The Labute approximate surface area is 118 Å². The van der Waals surface area contributed by atoms with Gasteiger partial charge < -0.3 is 10.2 Å². The molecule has 102 valence electrons. The van der Waals surface area contributed by atoms with Gasteiger partial charge >= 0.3 is 0 Å². The monoisotopic (exact) mass is 278 g/mol. The van der Waals surface area contributed by atoms with Gasteiger partial charge in [-0.05, 0) is 60.9 Å². The van der Waals surface area contributed by atoms with Crippen molar-refractivity contribution < 1.29 is 10.2 Å². The van der Waals surface area contributed by atoms with Crippen molar-refractivity contribution in [2.24, 2.45) is 11.3 Å². The number of aromatic hydroxyl groups is 1. The maximum Gasteiger partial charge on any atom is 0.117 e. The van der Waals surface area contributed by atoms with Crippen LogP contribution in [0.5, 0.6) is 5.75 Å². The van der Waals surface area contributed by atoms with Crippen molar-refractivity contribution in [3.63, 3.8) is 0 Å². The van der Waals surface area contributed by atoms with Gasteiger partial charge in [0.2, 0.25) is 0 Å². The topological polar surface area (TPSA) is 40.5 Å². The van der Waals surface area contributed by atoms with Gasteiger partial charge in [0.15, 0.2) is 0 Å². The number of phenols is 1. The first-order chi connectivity index (χ1) is 9.00. The van der Waals surface area contributed by atoms with Crippen molar-refractivity contribution in [2.45, 2.75) is 38.7 Å². The van der Waals surface area contributed by atoms with Crippen LogP contribution in [0.3, 0.4) is 0 Å². The fourth-order valence-corrected chi connectivity index (χ4v) is 3.90. The zero-order valence-electron chi connectivity index (χ0n) is 11.1. The quantitative estimate of drug-likeness (QED) is 0.815. The lowest BCUT2D eigenvalue weighted by Gasteiger charge is -2.38. The predicted molar refractivity (Wildman–Crippen MR) is 77.2 cm³/mol. The van der Waals surface area contributed by atoms with Crippen molar-refractivity contribution in [3.05, 3.63) is 34.9 Å². The molecule has 0 aromatic heterocycles. The van der Waals surface area contributed by atoms with Crippen molar-refractivity contribution >= 4 is 17.2 Å². The molecule has 0 aliphatic heterocycles. The summed E-state index contributed by atoms with van der Waals surface area (Å²) in [4.78, 5) is 0. The highest BCUT2D eigenvalue weighted by molar-refractivity contribution is 6.32. The lowest BCUT2D eigenvalue weighted by Crippen LogP contribution is -2.34. The summed E-state index contributed by atoms with van der Waals surface area (Å²) in [6, 6.07) is 5.16. The summed E-state index contributed by atoms with van der Waals surface area (Å²) in [6.45, 7) is 2.20. The van der Waals surface area contributed by atoms with E-state index < -0.39 is 0 Å². The summed E-state index contributed by atoms with van der Waals surface area (Å²) >= 11 is 6.22. The molecule has 2 aliphatic rings. The first-order valence-corrected chi connectivity index (χ1v) is 7.24. The second-order valence-electron chi connectivity index (χ2n) is 6.10. The van der Waals surface area contributed by atoms with E-state index in [1.807, 2.05) is 6.07 Å². The van der Waals surface area contributed by atoms with Gasteiger partial charge in [0.05, 0.1) is 11.1 Å². The molecule has 3 heteroatoms. The van der Waals surface area contributed by atoms with E-state index >= 15 is 0 Å². The van der Waals surface area contributed by atoms with Crippen molar-refractivity contribution in [2.75, 3.05) is 0 Å². The average Bonchev–Trinajstić information content (AvgIpc) is 2.66. The fourth-order valence-electron chi connectivity index (χ4n) is 3.60. The molecule has 3 atom stereocenters. The summed E-state index contributed by atoms with van der Waals surface area (Å²) in [7, 11) is 0. The van der Waals surface area contributed by atoms with Gasteiger partial charge in [0.1, 0.15) is 5.75 Å². The SMILES string of the molecule is C[C@]12CC=C(c3ccc(O)cc3Cl)C[C@H]1CC[C@@H]2O. The summed E-state index contributed by atoms with van der Waals surface area (Å²) in [5, 5.41) is 20.2. The van der Waals surface area contributed by atoms with Gasteiger partial charge in [-0.3, -0.25) is 0 Å². The maximum absolute atomic E-state index is 10.1. The van der Waals surface area contributed by atoms with Gasteiger partial charge in [-0.25, -0.2) is 0 Å². The molecule has 1 saturated carbocycles. The number of hydrogen-bond acceptors (Lipinski definition) is 2. The van der Waals surface area contributed by atoms with Gasteiger partial charge in [0.25, 0.3) is 0 Å². The molecular weight excluding hydrogens is 260 g/mol. The van der Waals surface area contributed by atoms with Crippen LogP contribution in [0.15, 0.2) is 24.3 Å². The van der Waals surface area contributed by atoms with Crippen LogP contribution >= 0.6 is 11.6 Å². The Hall–Kier alpha value is -0.990. The third-order valence-corrected chi connectivity index (χ3v) is 5.35. The van der Waals surface area contributed by atoms with Crippen LogP contribution < -0.4 is 0 Å². The minimum absolute atomic E-state index is 0.0346. The highest BCUT2D eigenvalue weighted by atomic mass is 35.5. The summed E-state index contributed by atoms with van der Waals surface area (Å²) in [5.41, 5.74) is 2.30. The minimum atomic E-state index is -0.175. The molecule has 1 fully saturated rings. The molecule has 0 heterocycles. The highest BCUT2D eigenvalue weighted by Crippen LogP contribution is 2.53. The predicted octanol–water partition coefficient (Wildman–Crippen LogP) is 4.00. The summed E-state index contributed by atoms with van der Waals surface area (Å²) < 4.78 is 0.